The first kappa shape index (κ1) is 20.1. The van der Waals surface area contributed by atoms with E-state index in [0.29, 0.717) is 12.1 Å². The van der Waals surface area contributed by atoms with Crippen LogP contribution in [0, 0.1) is 0 Å². The lowest BCUT2D eigenvalue weighted by Gasteiger charge is -2.23. The summed E-state index contributed by atoms with van der Waals surface area (Å²) in [5.74, 6) is 0.493. The molecule has 0 radical (unpaired) electrons. The minimum absolute atomic E-state index is 0.0173. The van der Waals surface area contributed by atoms with Gasteiger partial charge >= 0.3 is 0 Å². The summed E-state index contributed by atoms with van der Waals surface area (Å²) in [6, 6.07) is 15.3. The molecule has 156 valence electrons. The molecule has 0 unspecified atom stereocenters. The number of benzene rings is 2. The van der Waals surface area contributed by atoms with Gasteiger partial charge in [-0.3, -0.25) is 9.59 Å². The van der Waals surface area contributed by atoms with Crippen LogP contribution in [0.2, 0.25) is 0 Å². The van der Waals surface area contributed by atoms with Gasteiger partial charge in [0, 0.05) is 12.1 Å². The minimum Gasteiger partial charge on any atom is -0.343 e. The highest BCUT2D eigenvalue weighted by atomic mass is 16.2. The summed E-state index contributed by atoms with van der Waals surface area (Å²) in [6.07, 6.45) is 1.80. The van der Waals surface area contributed by atoms with Gasteiger partial charge in [-0.25, -0.2) is 4.98 Å². The van der Waals surface area contributed by atoms with Crippen molar-refractivity contribution in [2.75, 3.05) is 13.1 Å². The van der Waals surface area contributed by atoms with Gasteiger partial charge in [0.25, 0.3) is 5.91 Å². The number of likely N-dealkylation sites (tertiary alicyclic amines) is 1. The summed E-state index contributed by atoms with van der Waals surface area (Å²) < 4.78 is 0. The van der Waals surface area contributed by atoms with Crippen molar-refractivity contribution in [1.29, 1.82) is 0 Å². The number of carbonyl (C=O) groups excluding carboxylic acids is 2. The second-order valence-corrected chi connectivity index (χ2v) is 8.89. The Morgan fingerprint density at radius 2 is 1.87 bits per heavy atom. The Hall–Kier alpha value is -3.15. The molecule has 6 nitrogen and oxygen atoms in total. The lowest BCUT2D eigenvalue weighted by Crippen LogP contribution is -2.40. The highest BCUT2D eigenvalue weighted by Crippen LogP contribution is 2.31. The van der Waals surface area contributed by atoms with E-state index < -0.39 is 0 Å². The van der Waals surface area contributed by atoms with Crippen LogP contribution in [0.5, 0.6) is 0 Å². The normalized spacial score (nSPS) is 16.8. The largest absolute Gasteiger partial charge is 0.343 e. The highest BCUT2D eigenvalue weighted by molar-refractivity contribution is 5.96. The molecule has 3 aromatic rings. The molecule has 2 heterocycles. The fraction of sp³-hybridized carbons (Fsp3) is 0.375. The molecule has 2 amide bonds. The number of H-pyrrole nitrogens is 1. The zero-order valence-electron chi connectivity index (χ0n) is 17.7. The molecule has 1 aromatic heterocycles. The quantitative estimate of drug-likeness (QED) is 0.691. The predicted molar refractivity (Wildman–Crippen MR) is 117 cm³/mol. The average molecular weight is 405 g/mol. The van der Waals surface area contributed by atoms with E-state index >= 15 is 0 Å². The summed E-state index contributed by atoms with van der Waals surface area (Å²) in [7, 11) is 0. The van der Waals surface area contributed by atoms with Crippen LogP contribution >= 0.6 is 0 Å². The molecule has 0 spiro atoms. The van der Waals surface area contributed by atoms with E-state index in [-0.39, 0.29) is 29.8 Å². The van der Waals surface area contributed by atoms with Crippen LogP contribution in [-0.4, -0.2) is 39.8 Å². The Balaban J connectivity index is 1.40. The number of para-hydroxylation sites is 2. The fourth-order valence-electron chi connectivity index (χ4n) is 3.96. The Labute approximate surface area is 176 Å². The average Bonchev–Trinajstić information content (AvgIpc) is 3.37. The fourth-order valence-corrected chi connectivity index (χ4v) is 3.96. The first-order valence-electron chi connectivity index (χ1n) is 10.5. The Morgan fingerprint density at radius 3 is 2.57 bits per heavy atom. The van der Waals surface area contributed by atoms with E-state index in [1.54, 1.807) is 0 Å². The van der Waals surface area contributed by atoms with Crippen LogP contribution in [0.25, 0.3) is 11.0 Å². The van der Waals surface area contributed by atoms with E-state index in [1.165, 1.54) is 5.56 Å². The number of imidazole rings is 1. The molecule has 1 saturated heterocycles. The maximum absolute atomic E-state index is 12.8. The summed E-state index contributed by atoms with van der Waals surface area (Å²) in [6.45, 7) is 7.06. The predicted octanol–water partition coefficient (Wildman–Crippen LogP) is 3.95. The Morgan fingerprint density at radius 1 is 1.13 bits per heavy atom. The number of fused-ring (bicyclic) bond motifs is 1. The van der Waals surface area contributed by atoms with Crippen LogP contribution in [0.4, 0.5) is 0 Å². The number of carbonyl (C=O) groups is 2. The second kappa shape index (κ2) is 7.94. The van der Waals surface area contributed by atoms with Gasteiger partial charge in [-0.05, 0) is 48.1 Å². The topological polar surface area (TPSA) is 78.1 Å². The van der Waals surface area contributed by atoms with Crippen LogP contribution in [-0.2, 0) is 10.2 Å². The van der Waals surface area contributed by atoms with Crippen molar-refractivity contribution >= 4 is 22.8 Å². The number of aromatic amines is 1. The van der Waals surface area contributed by atoms with Crippen LogP contribution in [0.1, 0.15) is 61.4 Å². The van der Waals surface area contributed by atoms with Gasteiger partial charge in [-0.1, -0.05) is 45.0 Å². The molecular weight excluding hydrogens is 376 g/mol. The summed E-state index contributed by atoms with van der Waals surface area (Å²) in [5, 5.41) is 2.77. The van der Waals surface area contributed by atoms with E-state index in [1.807, 2.05) is 53.4 Å². The smallest absolute Gasteiger partial charge is 0.251 e. The van der Waals surface area contributed by atoms with Gasteiger partial charge < -0.3 is 15.2 Å². The van der Waals surface area contributed by atoms with Gasteiger partial charge in [0.2, 0.25) is 5.91 Å². The number of nitrogens with zero attached hydrogens (tertiary/aromatic N) is 2. The van der Waals surface area contributed by atoms with Crippen molar-refractivity contribution < 1.29 is 9.59 Å². The van der Waals surface area contributed by atoms with Crippen LogP contribution in [0.3, 0.4) is 0 Å². The van der Waals surface area contributed by atoms with Gasteiger partial charge in [-0.15, -0.1) is 0 Å². The minimum atomic E-state index is -0.233. The monoisotopic (exact) mass is 404 g/mol. The van der Waals surface area contributed by atoms with Crippen molar-refractivity contribution in [3.05, 3.63) is 65.5 Å². The Bertz CT molecular complexity index is 1030. The number of rotatable bonds is 4. The molecule has 0 aliphatic carbocycles. The molecule has 2 N–H and O–H groups in total. The molecule has 0 bridgehead atoms. The van der Waals surface area contributed by atoms with E-state index in [0.717, 1.165) is 29.7 Å². The standard InChI is InChI=1S/C24H28N4O2/c1-24(2,3)17-12-10-16(11-13-17)23(30)25-15-21(29)28-14-6-9-20(28)22-26-18-7-4-5-8-19(18)27-22/h4-5,7-8,10-13,20H,6,9,14-15H2,1-3H3,(H,25,30)(H,26,27)/t20-/m1/s1. The molecule has 30 heavy (non-hydrogen) atoms. The van der Waals surface area contributed by atoms with E-state index in [4.69, 9.17) is 0 Å². The third-order valence-corrected chi connectivity index (χ3v) is 5.71. The summed E-state index contributed by atoms with van der Waals surface area (Å²) >= 11 is 0. The van der Waals surface area contributed by atoms with Gasteiger partial charge in [0.1, 0.15) is 5.82 Å². The Kier molecular flexibility index (Phi) is 5.33. The van der Waals surface area contributed by atoms with E-state index in [2.05, 4.69) is 36.1 Å². The summed E-state index contributed by atoms with van der Waals surface area (Å²) in [5.41, 5.74) is 3.64. The molecule has 6 heteroatoms. The SMILES string of the molecule is CC(C)(C)c1ccc(C(=O)NCC(=O)N2CCC[C@@H]2c2nc3ccccc3[nH]2)cc1. The highest BCUT2D eigenvalue weighted by Gasteiger charge is 2.32. The third-order valence-electron chi connectivity index (χ3n) is 5.71. The van der Waals surface area contributed by atoms with Gasteiger partial charge in [-0.2, -0.15) is 0 Å². The molecule has 2 aromatic carbocycles. The van der Waals surface area contributed by atoms with Crippen molar-refractivity contribution in [3.8, 4) is 0 Å². The summed E-state index contributed by atoms with van der Waals surface area (Å²) in [4.78, 5) is 35.1. The molecule has 1 fully saturated rings. The van der Waals surface area contributed by atoms with Crippen molar-refractivity contribution in [2.45, 2.75) is 45.1 Å². The lowest BCUT2D eigenvalue weighted by atomic mass is 9.87. The molecule has 4 rings (SSSR count). The molecule has 0 saturated carbocycles. The number of aromatic nitrogens is 2. The molecule has 1 aliphatic heterocycles. The van der Waals surface area contributed by atoms with Crippen molar-refractivity contribution in [2.24, 2.45) is 0 Å². The zero-order chi connectivity index (χ0) is 21.3. The first-order valence-corrected chi connectivity index (χ1v) is 10.5. The number of hydrogen-bond donors (Lipinski definition) is 2. The lowest BCUT2D eigenvalue weighted by molar-refractivity contribution is -0.131. The first-order chi connectivity index (χ1) is 14.3. The molecular formula is C24H28N4O2. The van der Waals surface area contributed by atoms with Crippen LogP contribution in [0.15, 0.2) is 48.5 Å². The second-order valence-electron chi connectivity index (χ2n) is 8.89. The van der Waals surface area contributed by atoms with Crippen LogP contribution < -0.4 is 5.32 Å². The maximum Gasteiger partial charge on any atom is 0.251 e. The van der Waals surface area contributed by atoms with Gasteiger partial charge in [0.15, 0.2) is 0 Å². The number of amides is 2. The molecule has 1 atom stereocenters. The number of hydrogen-bond acceptors (Lipinski definition) is 3. The third kappa shape index (κ3) is 4.08. The number of nitrogens with one attached hydrogen (secondary N) is 2. The van der Waals surface area contributed by atoms with Crippen molar-refractivity contribution in [1.82, 2.24) is 20.2 Å². The van der Waals surface area contributed by atoms with Crippen molar-refractivity contribution in [3.63, 3.8) is 0 Å². The van der Waals surface area contributed by atoms with Gasteiger partial charge in [0.05, 0.1) is 23.6 Å². The van der Waals surface area contributed by atoms with E-state index in [9.17, 15) is 9.59 Å². The molecule has 1 aliphatic rings. The maximum atomic E-state index is 12.8. The zero-order valence-corrected chi connectivity index (χ0v) is 17.7.